The van der Waals surface area contributed by atoms with E-state index in [4.69, 9.17) is 0 Å². The Balaban J connectivity index is 1.35. The van der Waals surface area contributed by atoms with Gasteiger partial charge in [-0.3, -0.25) is 4.90 Å². The normalized spacial score (nSPS) is 22.7. The maximum Gasteiger partial charge on any atom is 0.225 e. The molecule has 5 nitrogen and oxygen atoms in total. The molecule has 1 aliphatic carbocycles. The summed E-state index contributed by atoms with van der Waals surface area (Å²) in [7, 11) is 2.25. The molecule has 1 unspecified atom stereocenters. The SMILES string of the molecule is Cc1ccnc(N2CCC3(CC2)CC3N(C)Cc2nccs2)n1. The highest BCUT2D eigenvalue weighted by molar-refractivity contribution is 7.09. The van der Waals surface area contributed by atoms with Gasteiger partial charge in [-0.25, -0.2) is 15.0 Å². The van der Waals surface area contributed by atoms with Crippen LogP contribution in [0.4, 0.5) is 5.95 Å². The van der Waals surface area contributed by atoms with Gasteiger partial charge in [-0.1, -0.05) is 0 Å². The molecule has 0 bridgehead atoms. The predicted molar refractivity (Wildman–Crippen MR) is 92.6 cm³/mol. The number of aromatic nitrogens is 3. The van der Waals surface area contributed by atoms with Crippen LogP contribution in [-0.4, -0.2) is 46.0 Å². The van der Waals surface area contributed by atoms with Gasteiger partial charge in [0, 0.05) is 42.6 Å². The van der Waals surface area contributed by atoms with Gasteiger partial charge < -0.3 is 4.90 Å². The van der Waals surface area contributed by atoms with Crippen molar-refractivity contribution in [2.45, 2.75) is 38.8 Å². The maximum absolute atomic E-state index is 4.57. The number of aryl methyl sites for hydroxylation is 1. The third-order valence-corrected chi connectivity index (χ3v) is 6.14. The van der Waals surface area contributed by atoms with Crippen molar-refractivity contribution < 1.29 is 0 Å². The van der Waals surface area contributed by atoms with Crippen molar-refractivity contribution >= 4 is 17.3 Å². The average Bonchev–Trinajstić information content (AvgIpc) is 3.00. The molecule has 0 N–H and O–H groups in total. The molecule has 0 radical (unpaired) electrons. The number of piperidine rings is 1. The molecule has 6 heteroatoms. The van der Waals surface area contributed by atoms with Crippen molar-refractivity contribution in [1.82, 2.24) is 19.9 Å². The monoisotopic (exact) mass is 329 g/mol. The Labute approximate surface area is 141 Å². The molecule has 0 aromatic carbocycles. The van der Waals surface area contributed by atoms with Crippen molar-refractivity contribution in [2.24, 2.45) is 5.41 Å². The third kappa shape index (κ3) is 2.97. The molecular formula is C17H23N5S. The highest BCUT2D eigenvalue weighted by Crippen LogP contribution is 2.56. The van der Waals surface area contributed by atoms with Gasteiger partial charge in [0.05, 0.1) is 6.54 Å². The number of hydrogen-bond donors (Lipinski definition) is 0. The van der Waals surface area contributed by atoms with Gasteiger partial charge in [-0.15, -0.1) is 11.3 Å². The van der Waals surface area contributed by atoms with Crippen LogP contribution in [0.5, 0.6) is 0 Å². The highest BCUT2D eigenvalue weighted by Gasteiger charge is 2.56. The quantitative estimate of drug-likeness (QED) is 0.863. The van der Waals surface area contributed by atoms with E-state index in [1.165, 1.54) is 24.3 Å². The van der Waals surface area contributed by atoms with E-state index in [0.29, 0.717) is 11.5 Å². The number of hydrogen-bond acceptors (Lipinski definition) is 6. The van der Waals surface area contributed by atoms with Gasteiger partial charge >= 0.3 is 0 Å². The zero-order valence-corrected chi connectivity index (χ0v) is 14.6. The van der Waals surface area contributed by atoms with Crippen molar-refractivity contribution in [3.05, 3.63) is 34.5 Å². The van der Waals surface area contributed by atoms with Crippen LogP contribution in [0.1, 0.15) is 30.0 Å². The van der Waals surface area contributed by atoms with E-state index in [1.807, 2.05) is 25.4 Å². The standard InChI is InChI=1S/C17H23N5S/c1-13-3-6-19-16(20-13)22-8-4-17(5-9-22)11-14(17)21(2)12-15-18-7-10-23-15/h3,6-7,10,14H,4-5,8-9,11-12H2,1-2H3. The lowest BCUT2D eigenvalue weighted by Crippen LogP contribution is -2.38. The molecule has 23 heavy (non-hydrogen) atoms. The van der Waals surface area contributed by atoms with Gasteiger partial charge in [0.2, 0.25) is 5.95 Å². The fourth-order valence-electron chi connectivity index (χ4n) is 3.88. The summed E-state index contributed by atoms with van der Waals surface area (Å²) < 4.78 is 0. The van der Waals surface area contributed by atoms with Crippen molar-refractivity contribution in [2.75, 3.05) is 25.0 Å². The minimum atomic E-state index is 0.520. The second-order valence-corrected chi connectivity index (χ2v) is 7.89. The molecule has 1 saturated carbocycles. The molecule has 1 atom stereocenters. The zero-order valence-electron chi connectivity index (χ0n) is 13.8. The molecular weight excluding hydrogens is 306 g/mol. The van der Waals surface area contributed by atoms with Crippen molar-refractivity contribution in [3.8, 4) is 0 Å². The summed E-state index contributed by atoms with van der Waals surface area (Å²) in [6, 6.07) is 2.67. The third-order valence-electron chi connectivity index (χ3n) is 5.37. The molecule has 4 rings (SSSR count). The summed E-state index contributed by atoms with van der Waals surface area (Å²) >= 11 is 1.75. The number of anilines is 1. The van der Waals surface area contributed by atoms with E-state index in [2.05, 4.69) is 37.2 Å². The molecule has 1 spiro atoms. The summed E-state index contributed by atoms with van der Waals surface area (Å²) in [6.45, 7) is 5.16. The largest absolute Gasteiger partial charge is 0.341 e. The van der Waals surface area contributed by atoms with E-state index in [1.54, 1.807) is 11.3 Å². The summed E-state index contributed by atoms with van der Waals surface area (Å²) in [6.07, 6.45) is 7.59. The number of nitrogens with zero attached hydrogens (tertiary/aromatic N) is 5. The summed E-state index contributed by atoms with van der Waals surface area (Å²) in [5, 5.41) is 3.28. The molecule has 3 heterocycles. The first-order valence-electron chi connectivity index (χ1n) is 8.29. The minimum Gasteiger partial charge on any atom is -0.341 e. The summed E-state index contributed by atoms with van der Waals surface area (Å²) in [5.41, 5.74) is 1.56. The first-order valence-corrected chi connectivity index (χ1v) is 9.17. The van der Waals surface area contributed by atoms with Crippen LogP contribution in [0.2, 0.25) is 0 Å². The minimum absolute atomic E-state index is 0.520. The Kier molecular flexibility index (Phi) is 3.81. The Morgan fingerprint density at radius 1 is 1.30 bits per heavy atom. The highest BCUT2D eigenvalue weighted by atomic mass is 32.1. The van der Waals surface area contributed by atoms with Crippen LogP contribution < -0.4 is 4.90 Å². The van der Waals surface area contributed by atoms with Crippen molar-refractivity contribution in [1.29, 1.82) is 0 Å². The molecule has 2 fully saturated rings. The van der Waals surface area contributed by atoms with E-state index < -0.39 is 0 Å². The van der Waals surface area contributed by atoms with Crippen LogP contribution in [0, 0.1) is 12.3 Å². The lowest BCUT2D eigenvalue weighted by molar-refractivity contribution is 0.238. The first kappa shape index (κ1) is 15.0. The zero-order chi connectivity index (χ0) is 15.9. The van der Waals surface area contributed by atoms with Gasteiger partial charge in [-0.05, 0) is 44.7 Å². The van der Waals surface area contributed by atoms with Crippen LogP contribution in [0.15, 0.2) is 23.8 Å². The summed E-state index contributed by atoms with van der Waals surface area (Å²) in [5.74, 6) is 0.896. The van der Waals surface area contributed by atoms with E-state index in [-0.39, 0.29) is 0 Å². The van der Waals surface area contributed by atoms with Crippen molar-refractivity contribution in [3.63, 3.8) is 0 Å². The number of rotatable bonds is 4. The lowest BCUT2D eigenvalue weighted by Gasteiger charge is -2.34. The molecule has 1 aliphatic heterocycles. The molecule has 2 aliphatic rings. The first-order chi connectivity index (χ1) is 11.2. The predicted octanol–water partition coefficient (Wildman–Crippen LogP) is 2.73. The fourth-order valence-corrected chi connectivity index (χ4v) is 4.56. The molecule has 2 aromatic rings. The Morgan fingerprint density at radius 2 is 2.13 bits per heavy atom. The maximum atomic E-state index is 4.57. The van der Waals surface area contributed by atoms with E-state index >= 15 is 0 Å². The average molecular weight is 329 g/mol. The molecule has 0 amide bonds. The smallest absolute Gasteiger partial charge is 0.225 e. The van der Waals surface area contributed by atoms with Crippen LogP contribution in [-0.2, 0) is 6.54 Å². The van der Waals surface area contributed by atoms with Crippen LogP contribution >= 0.6 is 11.3 Å². The lowest BCUT2D eigenvalue weighted by atomic mass is 9.92. The van der Waals surface area contributed by atoms with Gasteiger partial charge in [0.25, 0.3) is 0 Å². The topological polar surface area (TPSA) is 45.2 Å². The fraction of sp³-hybridized carbons (Fsp3) is 0.588. The van der Waals surface area contributed by atoms with E-state index in [9.17, 15) is 0 Å². The Morgan fingerprint density at radius 3 is 2.83 bits per heavy atom. The number of thiazole rings is 1. The Bertz CT molecular complexity index is 663. The molecule has 122 valence electrons. The molecule has 1 saturated heterocycles. The van der Waals surface area contributed by atoms with Crippen LogP contribution in [0.3, 0.4) is 0 Å². The van der Waals surface area contributed by atoms with Gasteiger partial charge in [-0.2, -0.15) is 0 Å². The van der Waals surface area contributed by atoms with Gasteiger partial charge in [0.15, 0.2) is 0 Å². The molecule has 2 aromatic heterocycles. The van der Waals surface area contributed by atoms with E-state index in [0.717, 1.165) is 31.3 Å². The second-order valence-electron chi connectivity index (χ2n) is 6.91. The summed E-state index contributed by atoms with van der Waals surface area (Å²) in [4.78, 5) is 18.3. The Hall–Kier alpha value is -1.53. The van der Waals surface area contributed by atoms with Crippen LogP contribution in [0.25, 0.3) is 0 Å². The second kappa shape index (κ2) is 5.83. The van der Waals surface area contributed by atoms with Gasteiger partial charge in [0.1, 0.15) is 5.01 Å².